The van der Waals surface area contributed by atoms with Crippen LogP contribution in [0.2, 0.25) is 0 Å². The molecule has 0 aliphatic carbocycles. The minimum atomic E-state index is -0.307. The maximum atomic E-state index is 10.7. The first-order valence-corrected chi connectivity index (χ1v) is 6.48. The molecule has 102 valence electrons. The van der Waals surface area contributed by atoms with Crippen LogP contribution in [0.15, 0.2) is 12.7 Å². The van der Waals surface area contributed by atoms with E-state index in [0.29, 0.717) is 13.8 Å². The van der Waals surface area contributed by atoms with Crippen molar-refractivity contribution < 1.29 is 13.9 Å². The summed E-state index contributed by atoms with van der Waals surface area (Å²) in [6.07, 6.45) is 11.3. The molecule has 2 nitrogen and oxygen atoms in total. The SMILES string of the molecule is C=CC(=O)OCCCCCCCCCC.CF. The normalized spacial score (nSPS) is 9.12. The number of ether oxygens (including phenoxy) is 1. The molecule has 0 atom stereocenters. The predicted octanol–water partition coefficient (Wildman–Crippen LogP) is 4.44. The van der Waals surface area contributed by atoms with E-state index in [0.717, 1.165) is 12.8 Å². The summed E-state index contributed by atoms with van der Waals surface area (Å²) in [4.78, 5) is 10.7. The Balaban J connectivity index is 0. The highest BCUT2D eigenvalue weighted by Crippen LogP contribution is 2.08. The van der Waals surface area contributed by atoms with Crippen LogP contribution in [0.5, 0.6) is 0 Å². The summed E-state index contributed by atoms with van der Waals surface area (Å²) in [5.41, 5.74) is 0. The highest BCUT2D eigenvalue weighted by molar-refractivity contribution is 5.81. The van der Waals surface area contributed by atoms with Crippen molar-refractivity contribution in [1.29, 1.82) is 0 Å². The Labute approximate surface area is 105 Å². The number of esters is 1. The standard InChI is InChI=1S/C13H24O2.CH3F/c1-3-5-6-7-8-9-10-11-12-15-13(14)4-2;1-2/h4H,2-3,5-12H2,1H3;1H3. The van der Waals surface area contributed by atoms with Gasteiger partial charge in [0.15, 0.2) is 0 Å². The van der Waals surface area contributed by atoms with Gasteiger partial charge in [-0.25, -0.2) is 4.79 Å². The molecule has 0 rings (SSSR count). The fraction of sp³-hybridized carbons (Fsp3) is 0.786. The number of hydrogen-bond acceptors (Lipinski definition) is 2. The molecule has 0 heterocycles. The molecule has 0 spiro atoms. The summed E-state index contributed by atoms with van der Waals surface area (Å²) in [6.45, 7) is 6.11. The highest BCUT2D eigenvalue weighted by atomic mass is 19.1. The second-order valence-corrected chi connectivity index (χ2v) is 3.85. The molecule has 0 unspecified atom stereocenters. The summed E-state index contributed by atoms with van der Waals surface area (Å²) in [5, 5.41) is 0. The van der Waals surface area contributed by atoms with Crippen molar-refractivity contribution in [3.05, 3.63) is 12.7 Å². The minimum absolute atomic E-state index is 0.307. The van der Waals surface area contributed by atoms with Crippen molar-refractivity contribution >= 4 is 5.97 Å². The molecular formula is C14H27FO2. The van der Waals surface area contributed by atoms with Crippen molar-refractivity contribution in [3.63, 3.8) is 0 Å². The smallest absolute Gasteiger partial charge is 0.330 e. The Morgan fingerprint density at radius 3 is 2.00 bits per heavy atom. The predicted molar refractivity (Wildman–Crippen MR) is 70.8 cm³/mol. The lowest BCUT2D eigenvalue weighted by Crippen LogP contribution is -2.01. The summed E-state index contributed by atoms with van der Waals surface area (Å²) < 4.78 is 14.4. The van der Waals surface area contributed by atoms with Crippen LogP contribution in [0.25, 0.3) is 0 Å². The van der Waals surface area contributed by atoms with E-state index >= 15 is 0 Å². The molecule has 0 amide bonds. The number of unbranched alkanes of at least 4 members (excludes halogenated alkanes) is 7. The molecule has 0 radical (unpaired) electrons. The second kappa shape index (κ2) is 17.5. The number of hydrogen-bond donors (Lipinski definition) is 0. The van der Waals surface area contributed by atoms with Crippen molar-refractivity contribution in [2.45, 2.75) is 58.3 Å². The zero-order valence-electron chi connectivity index (χ0n) is 11.3. The van der Waals surface area contributed by atoms with Gasteiger partial charge in [0.25, 0.3) is 0 Å². The summed E-state index contributed by atoms with van der Waals surface area (Å²) >= 11 is 0. The average molecular weight is 246 g/mol. The van der Waals surface area contributed by atoms with Crippen LogP contribution >= 0.6 is 0 Å². The Morgan fingerprint density at radius 2 is 1.53 bits per heavy atom. The third kappa shape index (κ3) is 17.7. The monoisotopic (exact) mass is 246 g/mol. The van der Waals surface area contributed by atoms with Gasteiger partial charge in [-0.15, -0.1) is 0 Å². The average Bonchev–Trinajstić information content (AvgIpc) is 2.39. The first-order valence-electron chi connectivity index (χ1n) is 6.48. The first kappa shape index (κ1) is 18.5. The Morgan fingerprint density at radius 1 is 1.06 bits per heavy atom. The van der Waals surface area contributed by atoms with Crippen molar-refractivity contribution in [1.82, 2.24) is 0 Å². The van der Waals surface area contributed by atoms with Crippen LogP contribution in [0, 0.1) is 0 Å². The van der Waals surface area contributed by atoms with Crippen LogP contribution in [0.3, 0.4) is 0 Å². The van der Waals surface area contributed by atoms with E-state index in [1.807, 2.05) is 0 Å². The number of halogens is 1. The van der Waals surface area contributed by atoms with Gasteiger partial charge in [-0.3, -0.25) is 4.39 Å². The summed E-state index contributed by atoms with van der Waals surface area (Å²) in [5.74, 6) is -0.307. The minimum Gasteiger partial charge on any atom is -0.463 e. The lowest BCUT2D eigenvalue weighted by molar-refractivity contribution is -0.137. The fourth-order valence-corrected chi connectivity index (χ4v) is 1.47. The van der Waals surface area contributed by atoms with Gasteiger partial charge in [-0.05, 0) is 6.42 Å². The van der Waals surface area contributed by atoms with Crippen LogP contribution < -0.4 is 0 Å². The quantitative estimate of drug-likeness (QED) is 0.323. The van der Waals surface area contributed by atoms with Crippen molar-refractivity contribution in [3.8, 4) is 0 Å². The van der Waals surface area contributed by atoms with Gasteiger partial charge >= 0.3 is 5.97 Å². The molecular weight excluding hydrogens is 219 g/mol. The summed E-state index contributed by atoms with van der Waals surface area (Å²) in [7, 11) is 0.500. The molecule has 0 aliphatic heterocycles. The Kier molecular flexibility index (Phi) is 19.1. The Hall–Kier alpha value is -0.860. The largest absolute Gasteiger partial charge is 0.463 e. The molecule has 0 aliphatic rings. The van der Waals surface area contributed by atoms with Gasteiger partial charge in [0.05, 0.1) is 13.8 Å². The first-order chi connectivity index (χ1) is 8.31. The van der Waals surface area contributed by atoms with Crippen LogP contribution in [0.4, 0.5) is 4.39 Å². The third-order valence-corrected chi connectivity index (χ3v) is 2.41. The molecule has 3 heteroatoms. The molecule has 0 fully saturated rings. The fourth-order valence-electron chi connectivity index (χ4n) is 1.47. The molecule has 0 N–H and O–H groups in total. The van der Waals surface area contributed by atoms with Gasteiger partial charge < -0.3 is 4.74 Å². The summed E-state index contributed by atoms with van der Waals surface area (Å²) in [6, 6.07) is 0. The topological polar surface area (TPSA) is 26.3 Å². The number of alkyl halides is 1. The van der Waals surface area contributed by atoms with Crippen LogP contribution in [-0.4, -0.2) is 19.8 Å². The van der Waals surface area contributed by atoms with E-state index < -0.39 is 0 Å². The molecule has 0 bridgehead atoms. The number of carbonyl (C=O) groups excluding carboxylic acids is 1. The maximum Gasteiger partial charge on any atom is 0.330 e. The lowest BCUT2D eigenvalue weighted by Gasteiger charge is -2.02. The molecule has 17 heavy (non-hydrogen) atoms. The lowest BCUT2D eigenvalue weighted by atomic mass is 10.1. The van der Waals surface area contributed by atoms with Gasteiger partial charge in [0, 0.05) is 6.08 Å². The molecule has 0 saturated carbocycles. The van der Waals surface area contributed by atoms with Gasteiger partial charge in [0.1, 0.15) is 0 Å². The second-order valence-electron chi connectivity index (χ2n) is 3.85. The van der Waals surface area contributed by atoms with E-state index in [1.165, 1.54) is 44.6 Å². The number of rotatable bonds is 10. The van der Waals surface area contributed by atoms with Gasteiger partial charge in [-0.2, -0.15) is 0 Å². The number of carbonyl (C=O) groups is 1. The van der Waals surface area contributed by atoms with Crippen LogP contribution in [-0.2, 0) is 9.53 Å². The van der Waals surface area contributed by atoms with Crippen LogP contribution in [0.1, 0.15) is 58.3 Å². The van der Waals surface area contributed by atoms with Crippen molar-refractivity contribution in [2.24, 2.45) is 0 Å². The van der Waals surface area contributed by atoms with E-state index in [9.17, 15) is 9.18 Å². The molecule has 0 saturated heterocycles. The zero-order valence-corrected chi connectivity index (χ0v) is 11.3. The maximum absolute atomic E-state index is 10.7. The highest BCUT2D eigenvalue weighted by Gasteiger charge is 1.95. The van der Waals surface area contributed by atoms with E-state index in [2.05, 4.69) is 13.5 Å². The van der Waals surface area contributed by atoms with E-state index in [4.69, 9.17) is 4.74 Å². The van der Waals surface area contributed by atoms with Gasteiger partial charge in [-0.1, -0.05) is 58.4 Å². The molecule has 0 aromatic heterocycles. The Bertz CT molecular complexity index is 170. The van der Waals surface area contributed by atoms with Crippen molar-refractivity contribution in [2.75, 3.05) is 13.8 Å². The molecule has 0 aromatic carbocycles. The van der Waals surface area contributed by atoms with E-state index in [-0.39, 0.29) is 5.97 Å². The zero-order chi connectivity index (χ0) is 13.4. The van der Waals surface area contributed by atoms with Gasteiger partial charge in [0.2, 0.25) is 0 Å². The third-order valence-electron chi connectivity index (χ3n) is 2.41. The molecule has 0 aromatic rings. The van der Waals surface area contributed by atoms with E-state index in [1.54, 1.807) is 0 Å².